The number of phenols is 1. The summed E-state index contributed by atoms with van der Waals surface area (Å²) in [5.74, 6) is -0.330. The lowest BCUT2D eigenvalue weighted by Crippen LogP contribution is -2.46. The largest absolute Gasteiger partial charge is 0.508 e. The Kier molecular flexibility index (Phi) is 4.73. The molecule has 0 radical (unpaired) electrons. The molecule has 0 heterocycles. The van der Waals surface area contributed by atoms with Crippen molar-refractivity contribution >= 4 is 23.3 Å². The number of hydrogen-bond acceptors (Lipinski definition) is 4. The van der Waals surface area contributed by atoms with Crippen molar-refractivity contribution in [3.8, 4) is 5.75 Å². The molecule has 0 bridgehead atoms. The maximum atomic E-state index is 12.0. The summed E-state index contributed by atoms with van der Waals surface area (Å²) in [4.78, 5) is 22.6. The van der Waals surface area contributed by atoms with Crippen LogP contribution in [0.4, 0.5) is 0 Å². The van der Waals surface area contributed by atoms with E-state index in [0.29, 0.717) is 6.41 Å². The minimum absolute atomic E-state index is 0.0458. The molecule has 2 rings (SSSR count). The first-order valence-electron chi connectivity index (χ1n) is 6.29. The maximum Gasteiger partial charge on any atom is 0.254 e. The van der Waals surface area contributed by atoms with Crippen LogP contribution in [0.1, 0.15) is 18.4 Å². The van der Waals surface area contributed by atoms with Crippen LogP contribution >= 0.6 is 0 Å². The summed E-state index contributed by atoms with van der Waals surface area (Å²) in [5.41, 5.74) is 0.787. The average molecular weight is 296 g/mol. The van der Waals surface area contributed by atoms with E-state index >= 15 is 0 Å². The highest BCUT2D eigenvalue weighted by molar-refractivity contribution is 7.84. The fourth-order valence-electron chi connectivity index (χ4n) is 1.71. The molecular weight excluding hydrogens is 280 g/mol. The van der Waals surface area contributed by atoms with E-state index in [4.69, 9.17) is 0 Å². The summed E-state index contributed by atoms with van der Waals surface area (Å²) in [7, 11) is -1.37. The topological polar surface area (TPSA) is 95.5 Å². The predicted octanol–water partition coefficient (Wildman–Crippen LogP) is -0.00840. The number of carbonyl (C=O) groups excluding carboxylic acids is 2. The van der Waals surface area contributed by atoms with Crippen LogP contribution < -0.4 is 10.0 Å². The Morgan fingerprint density at radius 3 is 2.60 bits per heavy atom. The van der Waals surface area contributed by atoms with Gasteiger partial charge in [0.25, 0.3) is 5.91 Å². The lowest BCUT2D eigenvalue weighted by molar-refractivity contribution is -0.123. The van der Waals surface area contributed by atoms with Crippen LogP contribution in [-0.2, 0) is 27.0 Å². The second-order valence-electron chi connectivity index (χ2n) is 4.67. The van der Waals surface area contributed by atoms with Gasteiger partial charge in [-0.15, -0.1) is 0 Å². The molecule has 7 heteroatoms. The molecule has 1 saturated carbocycles. The normalized spacial score (nSPS) is 17.0. The molecule has 2 amide bonds. The van der Waals surface area contributed by atoms with E-state index in [9.17, 15) is 18.9 Å². The molecule has 3 N–H and O–H groups in total. The molecule has 108 valence electrons. The lowest BCUT2D eigenvalue weighted by atomic mass is 10.1. The molecule has 0 aromatic heterocycles. The van der Waals surface area contributed by atoms with Gasteiger partial charge in [-0.1, -0.05) is 12.1 Å². The van der Waals surface area contributed by atoms with E-state index in [1.54, 1.807) is 12.1 Å². The standard InChI is InChI=1S/C13H16N2O4S/c16-8-14-12(7-9-1-3-10(17)4-2-9)13(18)15-20(19)11-5-6-11/h1-4,8,11-12,17H,5-7H2,(H,14,16)(H,15,18)/t12-,20?/m0/s1. The first-order chi connectivity index (χ1) is 9.60. The van der Waals surface area contributed by atoms with Gasteiger partial charge in [0.2, 0.25) is 6.41 Å². The SMILES string of the molecule is O=CN[C@@H](Cc1ccc(O)cc1)C(=O)NS(=O)C1CC1. The predicted molar refractivity (Wildman–Crippen MR) is 74.1 cm³/mol. The molecule has 1 unspecified atom stereocenters. The summed E-state index contributed by atoms with van der Waals surface area (Å²) in [6.07, 6.45) is 2.44. The number of aromatic hydroxyl groups is 1. The molecule has 1 aromatic carbocycles. The zero-order valence-corrected chi connectivity index (χ0v) is 11.6. The monoisotopic (exact) mass is 296 g/mol. The molecule has 0 saturated heterocycles. The maximum absolute atomic E-state index is 12.0. The molecule has 6 nitrogen and oxygen atoms in total. The van der Waals surface area contributed by atoms with Crippen LogP contribution in [0, 0.1) is 0 Å². The second kappa shape index (κ2) is 6.51. The van der Waals surface area contributed by atoms with E-state index in [1.807, 2.05) is 0 Å². The van der Waals surface area contributed by atoms with Crippen molar-refractivity contribution in [2.45, 2.75) is 30.6 Å². The van der Waals surface area contributed by atoms with Crippen molar-refractivity contribution in [2.75, 3.05) is 0 Å². The van der Waals surface area contributed by atoms with Crippen LogP contribution in [0.2, 0.25) is 0 Å². The molecule has 0 aliphatic heterocycles. The van der Waals surface area contributed by atoms with Crippen LogP contribution in [0.3, 0.4) is 0 Å². The quantitative estimate of drug-likeness (QED) is 0.617. The molecule has 0 spiro atoms. The average Bonchev–Trinajstić information content (AvgIpc) is 3.25. The van der Waals surface area contributed by atoms with Crippen molar-refractivity contribution in [1.29, 1.82) is 0 Å². The summed E-state index contributed by atoms with van der Waals surface area (Å²) in [6, 6.07) is 5.57. The van der Waals surface area contributed by atoms with Crippen LogP contribution in [0.15, 0.2) is 24.3 Å². The molecule has 1 aromatic rings. The first-order valence-corrected chi connectivity index (χ1v) is 7.50. The third-order valence-corrected chi connectivity index (χ3v) is 4.47. The van der Waals surface area contributed by atoms with Gasteiger partial charge in [-0.2, -0.15) is 0 Å². The van der Waals surface area contributed by atoms with Crippen molar-refractivity contribution in [3.63, 3.8) is 0 Å². The van der Waals surface area contributed by atoms with Gasteiger partial charge in [0, 0.05) is 6.42 Å². The van der Waals surface area contributed by atoms with E-state index in [1.165, 1.54) is 12.1 Å². The smallest absolute Gasteiger partial charge is 0.254 e. The Bertz CT molecular complexity index is 514. The number of nitrogens with one attached hydrogen (secondary N) is 2. The van der Waals surface area contributed by atoms with E-state index in [0.717, 1.165) is 18.4 Å². The number of benzene rings is 1. The van der Waals surface area contributed by atoms with Crippen LogP contribution in [0.25, 0.3) is 0 Å². The number of hydrogen-bond donors (Lipinski definition) is 3. The zero-order chi connectivity index (χ0) is 14.5. The van der Waals surface area contributed by atoms with Gasteiger partial charge in [-0.25, -0.2) is 4.21 Å². The highest BCUT2D eigenvalue weighted by Gasteiger charge is 2.31. The van der Waals surface area contributed by atoms with Gasteiger partial charge in [-0.05, 0) is 30.5 Å². The third kappa shape index (κ3) is 4.06. The van der Waals surface area contributed by atoms with Crippen LogP contribution in [-0.4, -0.2) is 32.9 Å². The minimum atomic E-state index is -1.37. The van der Waals surface area contributed by atoms with Crippen molar-refractivity contribution in [1.82, 2.24) is 10.0 Å². The fourth-order valence-corrected chi connectivity index (χ4v) is 2.78. The van der Waals surface area contributed by atoms with Crippen molar-refractivity contribution in [2.24, 2.45) is 0 Å². The van der Waals surface area contributed by atoms with E-state index in [-0.39, 0.29) is 17.4 Å². The number of amides is 2. The molecule has 1 aliphatic rings. The summed E-state index contributed by atoms with van der Waals surface area (Å²) in [6.45, 7) is 0. The third-order valence-electron chi connectivity index (χ3n) is 2.99. The molecular formula is C13H16N2O4S. The Labute approximate surface area is 119 Å². The lowest BCUT2D eigenvalue weighted by Gasteiger charge is -2.15. The van der Waals surface area contributed by atoms with Crippen molar-refractivity contribution in [3.05, 3.63) is 29.8 Å². The number of carbonyl (C=O) groups is 2. The highest BCUT2D eigenvalue weighted by Crippen LogP contribution is 2.24. The summed E-state index contributed by atoms with van der Waals surface area (Å²) >= 11 is 0. The van der Waals surface area contributed by atoms with Gasteiger partial charge in [0.15, 0.2) is 0 Å². The van der Waals surface area contributed by atoms with Gasteiger partial charge < -0.3 is 10.4 Å². The molecule has 2 atom stereocenters. The van der Waals surface area contributed by atoms with Crippen molar-refractivity contribution < 1.29 is 18.9 Å². The summed E-state index contributed by atoms with van der Waals surface area (Å²) < 4.78 is 14.1. The van der Waals surface area contributed by atoms with E-state index in [2.05, 4.69) is 10.0 Å². The number of rotatable bonds is 7. The minimum Gasteiger partial charge on any atom is -0.508 e. The molecule has 1 aliphatic carbocycles. The first kappa shape index (κ1) is 14.5. The van der Waals surface area contributed by atoms with Crippen LogP contribution in [0.5, 0.6) is 5.75 Å². The second-order valence-corrected chi connectivity index (χ2v) is 6.14. The number of phenolic OH excluding ortho intramolecular Hbond substituents is 1. The Balaban J connectivity index is 1.97. The van der Waals surface area contributed by atoms with Gasteiger partial charge >= 0.3 is 0 Å². The Morgan fingerprint density at radius 1 is 1.40 bits per heavy atom. The highest BCUT2D eigenvalue weighted by atomic mass is 32.2. The van der Waals surface area contributed by atoms with Gasteiger partial charge in [0.05, 0.1) is 5.25 Å². The Morgan fingerprint density at radius 2 is 2.05 bits per heavy atom. The van der Waals surface area contributed by atoms with E-state index < -0.39 is 22.9 Å². The molecule has 1 fully saturated rings. The summed E-state index contributed by atoms with van der Waals surface area (Å²) in [5, 5.41) is 11.7. The van der Waals surface area contributed by atoms with Gasteiger partial charge in [-0.3, -0.25) is 14.3 Å². The molecule has 20 heavy (non-hydrogen) atoms. The fraction of sp³-hybridized carbons (Fsp3) is 0.385. The zero-order valence-electron chi connectivity index (χ0n) is 10.7. The Hall–Kier alpha value is -1.89. The van der Waals surface area contributed by atoms with Gasteiger partial charge in [0.1, 0.15) is 22.8 Å².